The SMILES string of the molecule is COc1ccc2c(c1)CCC1C2CC[C@]2(C)C(=O)C[C@@H](CCCCC(=O)NCc3cccnc3)C12. The van der Waals surface area contributed by atoms with Crippen LogP contribution in [0.3, 0.4) is 0 Å². The molecule has 2 fully saturated rings. The second kappa shape index (κ2) is 10.1. The molecule has 2 saturated carbocycles. The van der Waals surface area contributed by atoms with Gasteiger partial charge >= 0.3 is 0 Å². The number of hydrogen-bond acceptors (Lipinski definition) is 4. The summed E-state index contributed by atoms with van der Waals surface area (Å²) in [4.78, 5) is 29.6. The van der Waals surface area contributed by atoms with E-state index >= 15 is 0 Å². The van der Waals surface area contributed by atoms with Gasteiger partial charge in [0.05, 0.1) is 7.11 Å². The molecule has 35 heavy (non-hydrogen) atoms. The summed E-state index contributed by atoms with van der Waals surface area (Å²) in [6, 6.07) is 10.5. The zero-order valence-electron chi connectivity index (χ0n) is 21.1. The lowest BCUT2D eigenvalue weighted by Gasteiger charge is -2.50. The number of ether oxygens (including phenoxy) is 1. The van der Waals surface area contributed by atoms with Crippen LogP contribution in [0.1, 0.15) is 80.9 Å². The maximum absolute atomic E-state index is 13.2. The predicted molar refractivity (Wildman–Crippen MR) is 136 cm³/mol. The molecule has 3 aliphatic rings. The number of aryl methyl sites for hydroxylation is 1. The van der Waals surface area contributed by atoms with Gasteiger partial charge in [-0.3, -0.25) is 14.6 Å². The highest BCUT2D eigenvalue weighted by atomic mass is 16.5. The van der Waals surface area contributed by atoms with Crippen LogP contribution in [0.4, 0.5) is 0 Å². The lowest BCUT2D eigenvalue weighted by Crippen LogP contribution is -2.44. The van der Waals surface area contributed by atoms with Gasteiger partial charge in [-0.2, -0.15) is 0 Å². The van der Waals surface area contributed by atoms with Gasteiger partial charge in [-0.25, -0.2) is 0 Å². The van der Waals surface area contributed by atoms with Crippen molar-refractivity contribution in [2.45, 2.75) is 77.2 Å². The van der Waals surface area contributed by atoms with Gasteiger partial charge in [0.1, 0.15) is 11.5 Å². The van der Waals surface area contributed by atoms with Crippen LogP contribution in [-0.2, 0) is 22.6 Å². The smallest absolute Gasteiger partial charge is 0.220 e. The molecule has 0 bridgehead atoms. The largest absolute Gasteiger partial charge is 0.497 e. The Balaban J connectivity index is 1.19. The van der Waals surface area contributed by atoms with Crippen LogP contribution in [-0.4, -0.2) is 23.8 Å². The van der Waals surface area contributed by atoms with Gasteiger partial charge in [0.15, 0.2) is 0 Å². The fourth-order valence-corrected chi connectivity index (χ4v) is 7.49. The van der Waals surface area contributed by atoms with Crippen LogP contribution in [0.5, 0.6) is 5.75 Å². The van der Waals surface area contributed by atoms with Crippen LogP contribution in [0.25, 0.3) is 0 Å². The summed E-state index contributed by atoms with van der Waals surface area (Å²) in [6.07, 6.45) is 12.1. The lowest BCUT2D eigenvalue weighted by molar-refractivity contribution is -0.129. The molecule has 1 aromatic carbocycles. The third kappa shape index (κ3) is 4.74. The van der Waals surface area contributed by atoms with Gasteiger partial charge in [-0.1, -0.05) is 25.5 Å². The molecule has 5 nitrogen and oxygen atoms in total. The molecule has 1 amide bonds. The minimum atomic E-state index is -0.156. The summed E-state index contributed by atoms with van der Waals surface area (Å²) in [5.74, 6) is 3.62. The van der Waals surface area contributed by atoms with Crippen molar-refractivity contribution in [2.75, 3.05) is 7.11 Å². The predicted octanol–water partition coefficient (Wildman–Crippen LogP) is 5.62. The van der Waals surface area contributed by atoms with E-state index in [4.69, 9.17) is 4.74 Å². The number of unbranched alkanes of at least 4 members (excludes halogenated alkanes) is 1. The number of Topliss-reactive ketones (excluding diaryl/α,β-unsaturated/α-hetero) is 1. The first-order valence-electron chi connectivity index (χ1n) is 13.4. The number of benzene rings is 1. The van der Waals surface area contributed by atoms with Crippen LogP contribution in [0, 0.1) is 23.2 Å². The van der Waals surface area contributed by atoms with Crippen molar-refractivity contribution in [1.29, 1.82) is 0 Å². The molecule has 5 heteroatoms. The maximum atomic E-state index is 13.2. The molecular weight excluding hydrogens is 436 g/mol. The number of nitrogens with zero attached hydrogens (tertiary/aromatic N) is 1. The zero-order valence-corrected chi connectivity index (χ0v) is 21.1. The first kappa shape index (κ1) is 24.0. The van der Waals surface area contributed by atoms with Gasteiger partial charge < -0.3 is 10.1 Å². The molecule has 2 aromatic rings. The van der Waals surface area contributed by atoms with E-state index in [1.165, 1.54) is 17.5 Å². The Bertz CT molecular complexity index is 1070. The highest BCUT2D eigenvalue weighted by molar-refractivity contribution is 5.87. The minimum Gasteiger partial charge on any atom is -0.497 e. The van der Waals surface area contributed by atoms with E-state index in [-0.39, 0.29) is 11.3 Å². The van der Waals surface area contributed by atoms with Crippen molar-refractivity contribution in [2.24, 2.45) is 23.2 Å². The van der Waals surface area contributed by atoms with Crippen LogP contribution in [0.15, 0.2) is 42.7 Å². The number of nitrogens with one attached hydrogen (secondary N) is 1. The van der Waals surface area contributed by atoms with Crippen molar-refractivity contribution < 1.29 is 14.3 Å². The third-order valence-electron chi connectivity index (χ3n) is 9.22. The molecule has 1 heterocycles. The number of methoxy groups -OCH3 is 1. The highest BCUT2D eigenvalue weighted by Crippen LogP contribution is 2.62. The maximum Gasteiger partial charge on any atom is 0.220 e. The number of carbonyl (C=O) groups is 2. The van der Waals surface area contributed by atoms with Crippen molar-refractivity contribution >= 4 is 11.7 Å². The van der Waals surface area contributed by atoms with Crippen LogP contribution in [0.2, 0.25) is 0 Å². The van der Waals surface area contributed by atoms with E-state index in [0.717, 1.165) is 56.3 Å². The van der Waals surface area contributed by atoms with E-state index in [1.54, 1.807) is 19.5 Å². The topological polar surface area (TPSA) is 68.3 Å². The number of hydrogen-bond donors (Lipinski definition) is 1. The molecule has 5 atom stereocenters. The van der Waals surface area contributed by atoms with Gasteiger partial charge in [-0.15, -0.1) is 0 Å². The molecule has 5 rings (SSSR count). The first-order valence-corrected chi connectivity index (χ1v) is 13.4. The van der Waals surface area contributed by atoms with Gasteiger partial charge in [-0.05, 0) is 97.1 Å². The average molecular weight is 475 g/mol. The molecular formula is C30H38N2O3. The van der Waals surface area contributed by atoms with Crippen LogP contribution < -0.4 is 10.1 Å². The molecule has 186 valence electrons. The summed E-state index contributed by atoms with van der Waals surface area (Å²) in [6.45, 7) is 2.78. The Morgan fingerprint density at radius 1 is 1.23 bits per heavy atom. The van der Waals surface area contributed by atoms with Gasteiger partial charge in [0, 0.05) is 37.2 Å². The summed E-state index contributed by atoms with van der Waals surface area (Å²) < 4.78 is 5.47. The van der Waals surface area contributed by atoms with E-state index in [9.17, 15) is 9.59 Å². The van der Waals surface area contributed by atoms with E-state index in [2.05, 4.69) is 35.4 Å². The third-order valence-corrected chi connectivity index (χ3v) is 9.22. The molecule has 0 saturated heterocycles. The fraction of sp³-hybridized carbons (Fsp3) is 0.567. The molecule has 3 unspecified atom stereocenters. The van der Waals surface area contributed by atoms with Crippen molar-refractivity contribution in [3.63, 3.8) is 0 Å². The van der Waals surface area contributed by atoms with E-state index < -0.39 is 0 Å². The second-order valence-electron chi connectivity index (χ2n) is 11.1. The second-order valence-corrected chi connectivity index (χ2v) is 11.1. The summed E-state index contributed by atoms with van der Waals surface area (Å²) in [7, 11) is 1.73. The standard InChI is InChI=1S/C30H38N2O3/c1-30-14-13-25-24-12-10-23(35-2)16-21(24)9-11-26(25)29(30)22(17-27(30)33)7-3-4-8-28(34)32-19-20-6-5-15-31-18-20/h5-6,10,12,15-16,18,22,25-26,29H,3-4,7-9,11,13-14,17,19H2,1-2H3,(H,32,34)/t22-,25?,26?,29?,30-/m1/s1. The molecule has 1 N–H and O–H groups in total. The lowest BCUT2D eigenvalue weighted by atomic mass is 9.54. The minimum absolute atomic E-state index is 0.0956. The molecule has 3 aliphatic carbocycles. The van der Waals surface area contributed by atoms with E-state index in [0.29, 0.717) is 42.4 Å². The summed E-state index contributed by atoms with van der Waals surface area (Å²) in [5, 5.41) is 3.00. The monoisotopic (exact) mass is 474 g/mol. The Morgan fingerprint density at radius 2 is 2.11 bits per heavy atom. The summed E-state index contributed by atoms with van der Waals surface area (Å²) in [5.41, 5.74) is 3.79. The Morgan fingerprint density at radius 3 is 2.91 bits per heavy atom. The number of aromatic nitrogens is 1. The fourth-order valence-electron chi connectivity index (χ4n) is 7.49. The Labute approximate surface area is 209 Å². The zero-order chi connectivity index (χ0) is 24.4. The average Bonchev–Trinajstić information content (AvgIpc) is 3.15. The van der Waals surface area contributed by atoms with Crippen molar-refractivity contribution in [3.05, 3.63) is 59.4 Å². The molecule has 0 radical (unpaired) electrons. The van der Waals surface area contributed by atoms with Crippen LogP contribution >= 0.6 is 0 Å². The molecule has 0 spiro atoms. The summed E-state index contributed by atoms with van der Waals surface area (Å²) >= 11 is 0. The number of amides is 1. The quantitative estimate of drug-likeness (QED) is 0.504. The Kier molecular flexibility index (Phi) is 6.95. The normalized spacial score (nSPS) is 29.1. The van der Waals surface area contributed by atoms with Crippen molar-refractivity contribution in [1.82, 2.24) is 10.3 Å². The Hall–Kier alpha value is -2.69. The number of rotatable bonds is 8. The number of pyridine rings is 1. The first-order chi connectivity index (χ1) is 17.0. The highest BCUT2D eigenvalue weighted by Gasteiger charge is 2.58. The van der Waals surface area contributed by atoms with Gasteiger partial charge in [0.25, 0.3) is 0 Å². The molecule has 0 aliphatic heterocycles. The molecule has 1 aromatic heterocycles. The number of ketones is 1. The number of carbonyl (C=O) groups excluding carboxylic acids is 2. The number of fused-ring (bicyclic) bond motifs is 5. The van der Waals surface area contributed by atoms with E-state index in [1.807, 2.05) is 12.1 Å². The van der Waals surface area contributed by atoms with Gasteiger partial charge in [0.2, 0.25) is 5.91 Å². The van der Waals surface area contributed by atoms with Crippen molar-refractivity contribution in [3.8, 4) is 5.75 Å².